The fourth-order valence-corrected chi connectivity index (χ4v) is 3.42. The van der Waals surface area contributed by atoms with Gasteiger partial charge in [0.1, 0.15) is 12.3 Å². The van der Waals surface area contributed by atoms with Gasteiger partial charge >= 0.3 is 0 Å². The molecule has 0 spiro atoms. The second-order valence-corrected chi connectivity index (χ2v) is 7.25. The van der Waals surface area contributed by atoms with Gasteiger partial charge in [-0.1, -0.05) is 24.3 Å². The molecule has 1 aliphatic rings. The topological polar surface area (TPSA) is 64.4 Å². The quantitative estimate of drug-likeness (QED) is 0.663. The van der Waals surface area contributed by atoms with Gasteiger partial charge in [-0.05, 0) is 49.1 Å². The van der Waals surface area contributed by atoms with E-state index in [-0.39, 0.29) is 24.1 Å². The van der Waals surface area contributed by atoms with E-state index in [9.17, 15) is 9.59 Å². The molecule has 0 aliphatic heterocycles. The summed E-state index contributed by atoms with van der Waals surface area (Å²) in [6, 6.07) is 13.5. The number of ether oxygens (including phenoxy) is 1. The van der Waals surface area contributed by atoms with Crippen LogP contribution >= 0.6 is 0 Å². The predicted molar refractivity (Wildman–Crippen MR) is 107 cm³/mol. The molecule has 0 atom stereocenters. The zero-order valence-corrected chi connectivity index (χ0v) is 16.1. The van der Waals surface area contributed by atoms with E-state index in [0.717, 1.165) is 29.7 Å². The number of methoxy groups -OCH3 is 1. The van der Waals surface area contributed by atoms with E-state index in [4.69, 9.17) is 4.74 Å². The van der Waals surface area contributed by atoms with E-state index in [1.807, 2.05) is 48.2 Å². The van der Waals surface area contributed by atoms with E-state index < -0.39 is 0 Å². The maximum Gasteiger partial charge on any atom is 0.261 e. The van der Waals surface area contributed by atoms with Gasteiger partial charge in [-0.25, -0.2) is 4.98 Å². The Kier molecular flexibility index (Phi) is 4.86. The van der Waals surface area contributed by atoms with Gasteiger partial charge in [-0.15, -0.1) is 0 Å². The number of fused-ring (bicyclic) bond motifs is 1. The van der Waals surface area contributed by atoms with E-state index >= 15 is 0 Å². The molecule has 0 bridgehead atoms. The largest absolute Gasteiger partial charge is 0.497 e. The number of para-hydroxylation sites is 1. The van der Waals surface area contributed by atoms with Crippen LogP contribution in [0.1, 0.15) is 24.0 Å². The zero-order chi connectivity index (χ0) is 19.7. The fourth-order valence-electron chi connectivity index (χ4n) is 3.42. The van der Waals surface area contributed by atoms with Gasteiger partial charge in [-0.2, -0.15) is 0 Å². The van der Waals surface area contributed by atoms with Crippen LogP contribution in [0.5, 0.6) is 5.75 Å². The molecule has 1 aromatic heterocycles. The van der Waals surface area contributed by atoms with Crippen molar-refractivity contribution in [1.82, 2.24) is 14.5 Å². The number of aryl methyl sites for hydroxylation is 1. The molecule has 0 saturated heterocycles. The van der Waals surface area contributed by atoms with Crippen molar-refractivity contribution < 1.29 is 9.53 Å². The summed E-state index contributed by atoms with van der Waals surface area (Å²) >= 11 is 0. The van der Waals surface area contributed by atoms with E-state index in [2.05, 4.69) is 4.98 Å². The molecular formula is C22H23N3O3. The van der Waals surface area contributed by atoms with Crippen LogP contribution in [0.3, 0.4) is 0 Å². The highest BCUT2D eigenvalue weighted by atomic mass is 16.5. The predicted octanol–water partition coefficient (Wildman–Crippen LogP) is 2.90. The van der Waals surface area contributed by atoms with E-state index in [0.29, 0.717) is 17.4 Å². The van der Waals surface area contributed by atoms with Crippen molar-refractivity contribution in [3.8, 4) is 5.75 Å². The molecular weight excluding hydrogens is 354 g/mol. The Hall–Kier alpha value is -3.15. The molecule has 6 heteroatoms. The minimum atomic E-state index is -0.178. The van der Waals surface area contributed by atoms with Crippen LogP contribution in [0.15, 0.2) is 53.6 Å². The average Bonchev–Trinajstić information content (AvgIpc) is 3.54. The summed E-state index contributed by atoms with van der Waals surface area (Å²) in [4.78, 5) is 32.0. The molecule has 1 aliphatic carbocycles. The third-order valence-corrected chi connectivity index (χ3v) is 5.18. The standard InChI is InChI=1S/C22H23N3O3/c1-15-4-3-5-19-21(15)23-14-24(22(19)27)13-20(26)25(17-8-9-17)12-16-6-10-18(28-2)11-7-16/h3-7,10-11,14,17H,8-9,12-13H2,1-2H3. The normalized spacial score (nSPS) is 13.5. The molecule has 1 amide bonds. The van der Waals surface area contributed by atoms with Crippen LogP contribution in [0.25, 0.3) is 10.9 Å². The molecule has 1 saturated carbocycles. The Bertz CT molecular complexity index is 1070. The van der Waals surface area contributed by atoms with Crippen LogP contribution in [0, 0.1) is 6.92 Å². The van der Waals surface area contributed by atoms with Gasteiger partial charge in [0.25, 0.3) is 5.56 Å². The lowest BCUT2D eigenvalue weighted by Gasteiger charge is -2.23. The molecule has 1 heterocycles. The van der Waals surface area contributed by atoms with E-state index in [1.54, 1.807) is 13.2 Å². The van der Waals surface area contributed by atoms with Crippen LogP contribution < -0.4 is 10.3 Å². The highest BCUT2D eigenvalue weighted by molar-refractivity contribution is 5.81. The van der Waals surface area contributed by atoms with E-state index in [1.165, 1.54) is 10.9 Å². The number of carbonyl (C=O) groups excluding carboxylic acids is 1. The minimum absolute atomic E-state index is 0.00235. The van der Waals surface area contributed by atoms with Crippen LogP contribution in [-0.2, 0) is 17.9 Å². The number of carbonyl (C=O) groups is 1. The van der Waals surface area contributed by atoms with Crippen molar-refractivity contribution in [3.05, 3.63) is 70.3 Å². The summed E-state index contributed by atoms with van der Waals surface area (Å²) in [7, 11) is 1.63. The van der Waals surface area contributed by atoms with Gasteiger partial charge in [0, 0.05) is 12.6 Å². The lowest BCUT2D eigenvalue weighted by molar-refractivity contribution is -0.133. The first kappa shape index (κ1) is 18.2. The van der Waals surface area contributed by atoms with Crippen molar-refractivity contribution in [2.45, 2.75) is 38.9 Å². The molecule has 28 heavy (non-hydrogen) atoms. The molecule has 1 fully saturated rings. The molecule has 0 N–H and O–H groups in total. The first-order valence-electron chi connectivity index (χ1n) is 9.44. The zero-order valence-electron chi connectivity index (χ0n) is 16.1. The minimum Gasteiger partial charge on any atom is -0.497 e. The summed E-state index contributed by atoms with van der Waals surface area (Å²) in [5.74, 6) is 0.728. The first-order valence-corrected chi connectivity index (χ1v) is 9.44. The van der Waals surface area contributed by atoms with Crippen LogP contribution in [0.2, 0.25) is 0 Å². The number of hydrogen-bond acceptors (Lipinski definition) is 4. The number of benzene rings is 2. The SMILES string of the molecule is COc1ccc(CN(C(=O)Cn2cnc3c(C)cccc3c2=O)C2CC2)cc1. The number of rotatable bonds is 6. The number of nitrogens with zero attached hydrogens (tertiary/aromatic N) is 3. The first-order chi connectivity index (χ1) is 13.6. The Balaban J connectivity index is 1.56. The maximum atomic E-state index is 13.0. The molecule has 3 aromatic rings. The van der Waals surface area contributed by atoms with Crippen molar-refractivity contribution in [2.75, 3.05) is 7.11 Å². The Morgan fingerprint density at radius 2 is 1.96 bits per heavy atom. The fraction of sp³-hybridized carbons (Fsp3) is 0.318. The lowest BCUT2D eigenvalue weighted by atomic mass is 10.1. The number of hydrogen-bond donors (Lipinski definition) is 0. The summed E-state index contributed by atoms with van der Waals surface area (Å²) < 4.78 is 6.60. The molecule has 0 unspecified atom stereocenters. The molecule has 144 valence electrons. The third kappa shape index (κ3) is 3.63. The van der Waals surface area contributed by atoms with Gasteiger partial charge < -0.3 is 9.64 Å². The molecule has 6 nitrogen and oxygen atoms in total. The smallest absolute Gasteiger partial charge is 0.261 e. The average molecular weight is 377 g/mol. The van der Waals surface area contributed by atoms with Crippen molar-refractivity contribution in [2.24, 2.45) is 0 Å². The Morgan fingerprint density at radius 1 is 1.21 bits per heavy atom. The number of aromatic nitrogens is 2. The summed E-state index contributed by atoms with van der Waals surface area (Å²) in [6.07, 6.45) is 3.49. The Labute approximate surface area is 163 Å². The highest BCUT2D eigenvalue weighted by Gasteiger charge is 2.32. The molecule has 2 aromatic carbocycles. The third-order valence-electron chi connectivity index (χ3n) is 5.18. The van der Waals surface area contributed by atoms with Gasteiger partial charge in [0.05, 0.1) is 24.3 Å². The van der Waals surface area contributed by atoms with Gasteiger partial charge in [0.15, 0.2) is 0 Å². The molecule has 4 rings (SSSR count). The van der Waals surface area contributed by atoms with Crippen LogP contribution in [-0.4, -0.2) is 33.5 Å². The second-order valence-electron chi connectivity index (χ2n) is 7.25. The van der Waals surface area contributed by atoms with Crippen molar-refractivity contribution >= 4 is 16.8 Å². The maximum absolute atomic E-state index is 13.0. The van der Waals surface area contributed by atoms with Gasteiger partial charge in [0.2, 0.25) is 5.91 Å². The Morgan fingerprint density at radius 3 is 2.64 bits per heavy atom. The summed E-state index contributed by atoms with van der Waals surface area (Å²) in [5, 5.41) is 0.545. The summed E-state index contributed by atoms with van der Waals surface area (Å²) in [6.45, 7) is 2.46. The summed E-state index contributed by atoms with van der Waals surface area (Å²) in [5.41, 5.74) is 2.50. The highest BCUT2D eigenvalue weighted by Crippen LogP contribution is 2.29. The van der Waals surface area contributed by atoms with Crippen molar-refractivity contribution in [3.63, 3.8) is 0 Å². The lowest BCUT2D eigenvalue weighted by Crippen LogP contribution is -2.37. The van der Waals surface area contributed by atoms with Crippen LogP contribution in [0.4, 0.5) is 0 Å². The molecule has 0 radical (unpaired) electrons. The second kappa shape index (κ2) is 7.46. The van der Waals surface area contributed by atoms with Gasteiger partial charge in [-0.3, -0.25) is 14.2 Å². The van der Waals surface area contributed by atoms with Crippen molar-refractivity contribution in [1.29, 1.82) is 0 Å². The number of amides is 1. The monoisotopic (exact) mass is 377 g/mol.